The molecule has 0 bridgehead atoms. The lowest BCUT2D eigenvalue weighted by Crippen LogP contribution is -2.28. The average Bonchev–Trinajstić information content (AvgIpc) is 2.88. The standard InChI is InChI=1S/C16H20F3N5O2/c1-9(13(21)26-8-16(17,18)19)5-10(20)6-24-7-12-11(15(24)25)3-4-23-14(12)22-2/h3-5H,6-8,20-21H2,1-2H3,(H,22,23)/b10-5-,13-9+. The molecule has 1 aliphatic heterocycles. The van der Waals surface area contributed by atoms with E-state index in [0.717, 1.165) is 5.56 Å². The third-order valence-corrected chi connectivity index (χ3v) is 3.71. The molecule has 1 amide bonds. The van der Waals surface area contributed by atoms with Gasteiger partial charge in [0.15, 0.2) is 12.5 Å². The Hall–Kier alpha value is -2.91. The Bertz CT molecular complexity index is 759. The molecule has 142 valence electrons. The topological polar surface area (TPSA) is 106 Å². The van der Waals surface area contributed by atoms with Gasteiger partial charge in [0.2, 0.25) is 0 Å². The van der Waals surface area contributed by atoms with Gasteiger partial charge in [0.1, 0.15) is 5.82 Å². The van der Waals surface area contributed by atoms with Crippen LogP contribution < -0.4 is 16.8 Å². The largest absolute Gasteiger partial charge is 0.470 e. The average molecular weight is 371 g/mol. The zero-order valence-corrected chi connectivity index (χ0v) is 14.4. The molecule has 0 spiro atoms. The van der Waals surface area contributed by atoms with Gasteiger partial charge in [0.25, 0.3) is 5.91 Å². The number of carbonyl (C=O) groups excluding carboxylic acids is 1. The second kappa shape index (κ2) is 7.54. The number of fused-ring (bicyclic) bond motifs is 1. The number of hydrogen-bond donors (Lipinski definition) is 3. The third-order valence-electron chi connectivity index (χ3n) is 3.71. The maximum atomic E-state index is 12.4. The van der Waals surface area contributed by atoms with E-state index >= 15 is 0 Å². The number of pyridine rings is 1. The number of nitrogens with zero attached hydrogens (tertiary/aromatic N) is 2. The first-order chi connectivity index (χ1) is 12.1. The maximum absolute atomic E-state index is 12.4. The lowest BCUT2D eigenvalue weighted by molar-refractivity contribution is -0.165. The summed E-state index contributed by atoms with van der Waals surface area (Å²) in [5.74, 6) is 0.0444. The first-order valence-corrected chi connectivity index (χ1v) is 7.69. The number of alkyl halides is 3. The molecule has 2 rings (SSSR count). The molecule has 0 aromatic carbocycles. The number of hydrogen-bond acceptors (Lipinski definition) is 6. The van der Waals surface area contributed by atoms with Crippen molar-refractivity contribution in [2.45, 2.75) is 19.6 Å². The summed E-state index contributed by atoms with van der Waals surface area (Å²) >= 11 is 0. The molecule has 0 atom stereocenters. The van der Waals surface area contributed by atoms with Gasteiger partial charge in [-0.3, -0.25) is 4.79 Å². The van der Waals surface area contributed by atoms with Crippen LogP contribution >= 0.6 is 0 Å². The van der Waals surface area contributed by atoms with Crippen molar-refractivity contribution in [2.24, 2.45) is 11.5 Å². The predicted octanol–water partition coefficient (Wildman–Crippen LogP) is 1.69. The Balaban J connectivity index is 2.07. The normalized spacial score (nSPS) is 15.7. The van der Waals surface area contributed by atoms with Crippen LogP contribution in [-0.2, 0) is 11.3 Å². The number of halogens is 3. The predicted molar refractivity (Wildman–Crippen MR) is 89.7 cm³/mol. The number of rotatable bonds is 6. The highest BCUT2D eigenvalue weighted by Crippen LogP contribution is 2.27. The third kappa shape index (κ3) is 4.58. The number of ether oxygens (including phenoxy) is 1. The van der Waals surface area contributed by atoms with Crippen LogP contribution in [0.2, 0.25) is 0 Å². The second-order valence-corrected chi connectivity index (χ2v) is 5.77. The molecule has 0 radical (unpaired) electrons. The van der Waals surface area contributed by atoms with Crippen molar-refractivity contribution in [1.82, 2.24) is 9.88 Å². The SMILES string of the molecule is CNc1nccc2c1CN(C/C(N)=C/C(C)=C(\N)OCC(F)(F)F)C2=O. The van der Waals surface area contributed by atoms with Crippen LogP contribution in [0, 0.1) is 0 Å². The van der Waals surface area contributed by atoms with Crippen LogP contribution in [0.25, 0.3) is 0 Å². The zero-order valence-electron chi connectivity index (χ0n) is 14.4. The molecule has 10 heteroatoms. The van der Waals surface area contributed by atoms with Crippen molar-refractivity contribution in [2.75, 3.05) is 25.5 Å². The Morgan fingerprint density at radius 2 is 2.15 bits per heavy atom. The van der Waals surface area contributed by atoms with Crippen LogP contribution in [0.1, 0.15) is 22.8 Å². The van der Waals surface area contributed by atoms with Gasteiger partial charge in [0, 0.05) is 35.6 Å². The number of allylic oxidation sites excluding steroid dienone is 2. The van der Waals surface area contributed by atoms with Crippen molar-refractivity contribution in [3.63, 3.8) is 0 Å². The molecule has 0 saturated heterocycles. The van der Waals surface area contributed by atoms with Crippen molar-refractivity contribution >= 4 is 11.7 Å². The molecule has 0 fully saturated rings. The highest BCUT2D eigenvalue weighted by atomic mass is 19.4. The van der Waals surface area contributed by atoms with Gasteiger partial charge in [-0.15, -0.1) is 0 Å². The number of anilines is 1. The fourth-order valence-electron chi connectivity index (χ4n) is 2.52. The summed E-state index contributed by atoms with van der Waals surface area (Å²) in [6.45, 7) is 0.419. The van der Waals surface area contributed by atoms with Crippen LogP contribution in [-0.4, -0.2) is 42.2 Å². The number of nitrogens with two attached hydrogens (primary N) is 2. The quantitative estimate of drug-likeness (QED) is 0.519. The van der Waals surface area contributed by atoms with Crippen molar-refractivity contribution in [3.8, 4) is 0 Å². The molecule has 2 heterocycles. The smallest absolute Gasteiger partial charge is 0.422 e. The summed E-state index contributed by atoms with van der Waals surface area (Å²) in [4.78, 5) is 18.1. The fraction of sp³-hybridized carbons (Fsp3) is 0.375. The van der Waals surface area contributed by atoms with Gasteiger partial charge in [-0.25, -0.2) is 4.98 Å². The molecule has 26 heavy (non-hydrogen) atoms. The minimum Gasteiger partial charge on any atom is -0.470 e. The monoisotopic (exact) mass is 371 g/mol. The van der Waals surface area contributed by atoms with Gasteiger partial charge in [-0.2, -0.15) is 13.2 Å². The summed E-state index contributed by atoms with van der Waals surface area (Å²) in [7, 11) is 1.71. The lowest BCUT2D eigenvalue weighted by Gasteiger charge is -2.16. The second-order valence-electron chi connectivity index (χ2n) is 5.77. The molecular weight excluding hydrogens is 351 g/mol. The molecule has 1 aromatic rings. The van der Waals surface area contributed by atoms with E-state index in [-0.39, 0.29) is 29.6 Å². The number of nitrogens with one attached hydrogen (secondary N) is 1. The molecule has 0 unspecified atom stereocenters. The van der Waals surface area contributed by atoms with Crippen molar-refractivity contribution in [3.05, 3.63) is 46.6 Å². The number of aromatic nitrogens is 1. The van der Waals surface area contributed by atoms with E-state index in [1.165, 1.54) is 24.1 Å². The fourth-order valence-corrected chi connectivity index (χ4v) is 2.52. The zero-order chi connectivity index (χ0) is 19.5. The van der Waals surface area contributed by atoms with Gasteiger partial charge < -0.3 is 26.4 Å². The van der Waals surface area contributed by atoms with Gasteiger partial charge in [-0.1, -0.05) is 0 Å². The molecule has 5 N–H and O–H groups in total. The molecule has 1 aliphatic rings. The molecule has 0 aliphatic carbocycles. The number of carbonyl (C=O) groups is 1. The van der Waals surface area contributed by atoms with Gasteiger partial charge in [-0.05, 0) is 19.1 Å². The molecule has 7 nitrogen and oxygen atoms in total. The summed E-state index contributed by atoms with van der Waals surface area (Å²) in [5.41, 5.74) is 13.2. The lowest BCUT2D eigenvalue weighted by atomic mass is 10.1. The summed E-state index contributed by atoms with van der Waals surface area (Å²) in [5, 5.41) is 2.93. The van der Waals surface area contributed by atoms with E-state index < -0.39 is 12.8 Å². The molecular formula is C16H20F3N5O2. The van der Waals surface area contributed by atoms with Crippen LogP contribution in [0.3, 0.4) is 0 Å². The van der Waals surface area contributed by atoms with Crippen molar-refractivity contribution in [1.29, 1.82) is 0 Å². The molecule has 0 saturated carbocycles. The first kappa shape index (κ1) is 19.4. The summed E-state index contributed by atoms with van der Waals surface area (Å²) in [6.07, 6.45) is -1.55. The number of amides is 1. The Labute approximate surface area is 148 Å². The van der Waals surface area contributed by atoms with Crippen LogP contribution in [0.5, 0.6) is 0 Å². The minimum atomic E-state index is -4.48. The summed E-state index contributed by atoms with van der Waals surface area (Å²) < 4.78 is 40.9. The van der Waals surface area contributed by atoms with E-state index in [2.05, 4.69) is 15.0 Å². The Kier molecular flexibility index (Phi) is 5.63. The Morgan fingerprint density at radius 3 is 2.77 bits per heavy atom. The van der Waals surface area contributed by atoms with E-state index in [9.17, 15) is 18.0 Å². The van der Waals surface area contributed by atoms with Crippen LogP contribution in [0.4, 0.5) is 19.0 Å². The van der Waals surface area contributed by atoms with E-state index in [1.54, 1.807) is 13.1 Å². The van der Waals surface area contributed by atoms with E-state index in [0.29, 0.717) is 17.9 Å². The first-order valence-electron chi connectivity index (χ1n) is 7.69. The van der Waals surface area contributed by atoms with E-state index in [1.807, 2.05) is 0 Å². The highest BCUT2D eigenvalue weighted by Gasteiger charge is 2.30. The van der Waals surface area contributed by atoms with E-state index in [4.69, 9.17) is 11.5 Å². The van der Waals surface area contributed by atoms with Gasteiger partial charge >= 0.3 is 6.18 Å². The minimum absolute atomic E-state index is 0.0978. The van der Waals surface area contributed by atoms with Crippen LogP contribution in [0.15, 0.2) is 35.5 Å². The maximum Gasteiger partial charge on any atom is 0.422 e. The highest BCUT2D eigenvalue weighted by molar-refractivity contribution is 5.99. The summed E-state index contributed by atoms with van der Waals surface area (Å²) in [6, 6.07) is 1.63. The van der Waals surface area contributed by atoms with Gasteiger partial charge in [0.05, 0.1) is 13.1 Å². The molecule has 1 aromatic heterocycles. The Morgan fingerprint density at radius 1 is 1.46 bits per heavy atom. The van der Waals surface area contributed by atoms with Crippen molar-refractivity contribution < 1.29 is 22.7 Å².